The topological polar surface area (TPSA) is 82.4 Å². The summed E-state index contributed by atoms with van der Waals surface area (Å²) in [6, 6.07) is 9.41. The molecule has 150 valence electrons. The van der Waals surface area contributed by atoms with Crippen LogP contribution in [0.2, 0.25) is 0 Å². The summed E-state index contributed by atoms with van der Waals surface area (Å²) in [6.45, 7) is 3.65. The highest BCUT2D eigenvalue weighted by molar-refractivity contribution is 5.99. The van der Waals surface area contributed by atoms with E-state index in [1.807, 2.05) is 49.3 Å². The Morgan fingerprint density at radius 1 is 1.25 bits per heavy atom. The lowest BCUT2D eigenvalue weighted by Crippen LogP contribution is -2.46. The van der Waals surface area contributed by atoms with Crippen molar-refractivity contribution in [1.82, 2.24) is 5.32 Å². The zero-order valence-electron chi connectivity index (χ0n) is 17.1. The van der Waals surface area contributed by atoms with E-state index in [-0.39, 0.29) is 17.5 Å². The van der Waals surface area contributed by atoms with E-state index in [2.05, 4.69) is 12.2 Å². The van der Waals surface area contributed by atoms with Gasteiger partial charge in [-0.15, -0.1) is 0 Å². The number of nitrogens with one attached hydrogen (secondary N) is 1. The van der Waals surface area contributed by atoms with Crippen molar-refractivity contribution in [2.45, 2.75) is 51.7 Å². The van der Waals surface area contributed by atoms with E-state index in [9.17, 15) is 14.9 Å². The van der Waals surface area contributed by atoms with Crippen molar-refractivity contribution < 1.29 is 14.3 Å². The molecule has 0 heterocycles. The van der Waals surface area contributed by atoms with Crippen molar-refractivity contribution in [1.29, 1.82) is 5.26 Å². The Hall–Kier alpha value is -2.81. The van der Waals surface area contributed by atoms with Crippen LogP contribution in [0.1, 0.15) is 45.1 Å². The third kappa shape index (κ3) is 5.85. The van der Waals surface area contributed by atoms with E-state index in [4.69, 9.17) is 4.74 Å². The average Bonchev–Trinajstić information content (AvgIpc) is 2.67. The van der Waals surface area contributed by atoms with Crippen LogP contribution in [0, 0.1) is 17.2 Å². The van der Waals surface area contributed by atoms with Gasteiger partial charge in [0, 0.05) is 25.8 Å². The summed E-state index contributed by atoms with van der Waals surface area (Å²) in [7, 11) is 3.87. The van der Waals surface area contributed by atoms with Crippen molar-refractivity contribution >= 4 is 23.6 Å². The Balaban J connectivity index is 1.98. The monoisotopic (exact) mass is 383 g/mol. The van der Waals surface area contributed by atoms with Crippen molar-refractivity contribution in [3.63, 3.8) is 0 Å². The van der Waals surface area contributed by atoms with Gasteiger partial charge in [0.2, 0.25) is 0 Å². The molecule has 2 rings (SSSR count). The maximum atomic E-state index is 12.4. The number of hydrogen-bond donors (Lipinski definition) is 1. The summed E-state index contributed by atoms with van der Waals surface area (Å²) in [5.74, 6) is -0.696. The Labute approximate surface area is 167 Å². The number of hydrogen-bond acceptors (Lipinski definition) is 5. The van der Waals surface area contributed by atoms with Crippen LogP contribution in [0.25, 0.3) is 6.08 Å². The zero-order chi connectivity index (χ0) is 20.7. The number of esters is 1. The van der Waals surface area contributed by atoms with Crippen LogP contribution in [0.15, 0.2) is 29.8 Å². The minimum absolute atomic E-state index is 0.114. The second kappa shape index (κ2) is 9.93. The van der Waals surface area contributed by atoms with Gasteiger partial charge in [-0.3, -0.25) is 4.79 Å². The number of benzene rings is 1. The molecule has 1 aliphatic carbocycles. The first-order valence-electron chi connectivity index (χ1n) is 9.72. The van der Waals surface area contributed by atoms with E-state index < -0.39 is 12.1 Å². The fourth-order valence-electron chi connectivity index (χ4n) is 3.28. The molecule has 28 heavy (non-hydrogen) atoms. The Morgan fingerprint density at radius 2 is 1.89 bits per heavy atom. The molecule has 0 aromatic heterocycles. The molecule has 1 aromatic carbocycles. The third-order valence-electron chi connectivity index (χ3n) is 5.15. The van der Waals surface area contributed by atoms with E-state index in [1.165, 1.54) is 19.4 Å². The summed E-state index contributed by atoms with van der Waals surface area (Å²) < 4.78 is 5.23. The van der Waals surface area contributed by atoms with Crippen molar-refractivity contribution in [2.75, 3.05) is 19.0 Å². The van der Waals surface area contributed by atoms with Crippen molar-refractivity contribution in [3.05, 3.63) is 35.4 Å². The van der Waals surface area contributed by atoms with Gasteiger partial charge in [0.15, 0.2) is 6.10 Å². The fraction of sp³-hybridized carbons (Fsp3) is 0.500. The molecule has 1 N–H and O–H groups in total. The summed E-state index contributed by atoms with van der Waals surface area (Å²) in [5.41, 5.74) is 1.59. The molecule has 1 aromatic rings. The zero-order valence-corrected chi connectivity index (χ0v) is 17.1. The highest BCUT2D eigenvalue weighted by atomic mass is 16.5. The van der Waals surface area contributed by atoms with Crippen LogP contribution in [0.5, 0.6) is 0 Å². The molecule has 1 saturated carbocycles. The summed E-state index contributed by atoms with van der Waals surface area (Å²) in [5, 5.41) is 12.3. The Morgan fingerprint density at radius 3 is 2.46 bits per heavy atom. The molecule has 1 amide bonds. The molecule has 0 aliphatic heterocycles. The first-order valence-corrected chi connectivity index (χ1v) is 9.72. The van der Waals surface area contributed by atoms with Gasteiger partial charge < -0.3 is 15.0 Å². The normalized spacial score (nSPS) is 20.6. The number of nitriles is 1. The van der Waals surface area contributed by atoms with Gasteiger partial charge >= 0.3 is 5.97 Å². The lowest BCUT2D eigenvalue weighted by Gasteiger charge is -2.30. The number of anilines is 1. The van der Waals surface area contributed by atoms with Crippen LogP contribution in [0.3, 0.4) is 0 Å². The molecule has 1 fully saturated rings. The maximum Gasteiger partial charge on any atom is 0.349 e. The van der Waals surface area contributed by atoms with E-state index in [0.29, 0.717) is 11.5 Å². The number of carbonyl (C=O) groups is 2. The number of ether oxygens (including phenoxy) is 1. The van der Waals surface area contributed by atoms with Crippen LogP contribution in [0.4, 0.5) is 5.69 Å². The maximum absolute atomic E-state index is 12.4. The highest BCUT2D eigenvalue weighted by Gasteiger charge is 2.27. The van der Waals surface area contributed by atoms with Gasteiger partial charge in [-0.25, -0.2) is 4.79 Å². The molecule has 0 bridgehead atoms. The van der Waals surface area contributed by atoms with Gasteiger partial charge in [-0.2, -0.15) is 5.26 Å². The van der Waals surface area contributed by atoms with Gasteiger partial charge in [-0.05, 0) is 49.5 Å². The molecule has 0 unspecified atom stereocenters. The lowest BCUT2D eigenvalue weighted by atomic mass is 9.86. The highest BCUT2D eigenvalue weighted by Crippen LogP contribution is 2.24. The quantitative estimate of drug-likeness (QED) is 0.463. The number of carbonyl (C=O) groups excluding carboxylic acids is 2. The summed E-state index contributed by atoms with van der Waals surface area (Å²) in [4.78, 5) is 26.7. The third-order valence-corrected chi connectivity index (χ3v) is 5.15. The number of nitrogens with zero attached hydrogens (tertiary/aromatic N) is 2. The first-order chi connectivity index (χ1) is 13.3. The van der Waals surface area contributed by atoms with E-state index >= 15 is 0 Å². The average molecular weight is 383 g/mol. The molecule has 0 saturated heterocycles. The molecule has 6 heteroatoms. The summed E-state index contributed by atoms with van der Waals surface area (Å²) >= 11 is 0. The molecule has 0 radical (unpaired) electrons. The lowest BCUT2D eigenvalue weighted by molar-refractivity contribution is -0.151. The van der Waals surface area contributed by atoms with Crippen LogP contribution in [-0.4, -0.2) is 38.1 Å². The van der Waals surface area contributed by atoms with E-state index in [1.54, 1.807) is 0 Å². The van der Waals surface area contributed by atoms with Crippen molar-refractivity contribution in [3.8, 4) is 6.07 Å². The Bertz CT molecular complexity index is 762. The standard InChI is InChI=1S/C22H29N3O3/c1-15-7-5-6-8-20(15)24-21(26)16(2)28-22(27)18(14-23)13-17-9-11-19(12-10-17)25(3)4/h9-13,15-16,20H,5-8H2,1-4H3,(H,24,26)/b18-13+/t15-,16-,20-/m1/s1. The SMILES string of the molecule is C[C@@H]1CCCC[C@H]1NC(=O)[C@@H](C)OC(=O)/C(C#N)=C/c1ccc(N(C)C)cc1. The molecule has 3 atom stereocenters. The van der Waals surface area contributed by atoms with Gasteiger partial charge in [0.25, 0.3) is 5.91 Å². The minimum Gasteiger partial charge on any atom is -0.448 e. The minimum atomic E-state index is -0.950. The first kappa shape index (κ1) is 21.5. The molecule has 1 aliphatic rings. The predicted octanol–water partition coefficient (Wildman–Crippen LogP) is 3.29. The molecule has 6 nitrogen and oxygen atoms in total. The van der Waals surface area contributed by atoms with Crippen LogP contribution >= 0.6 is 0 Å². The molecule has 0 spiro atoms. The molecular weight excluding hydrogens is 354 g/mol. The second-order valence-corrected chi connectivity index (χ2v) is 7.58. The van der Waals surface area contributed by atoms with Gasteiger partial charge in [0.1, 0.15) is 11.6 Å². The van der Waals surface area contributed by atoms with Gasteiger partial charge in [-0.1, -0.05) is 31.9 Å². The largest absolute Gasteiger partial charge is 0.448 e. The summed E-state index contributed by atoms with van der Waals surface area (Å²) in [6.07, 6.45) is 4.83. The Kier molecular flexibility index (Phi) is 7.62. The van der Waals surface area contributed by atoms with Crippen LogP contribution in [-0.2, 0) is 14.3 Å². The van der Waals surface area contributed by atoms with Crippen LogP contribution < -0.4 is 10.2 Å². The van der Waals surface area contributed by atoms with Gasteiger partial charge in [0.05, 0.1) is 0 Å². The number of amides is 1. The number of rotatable bonds is 6. The molecular formula is C22H29N3O3. The smallest absolute Gasteiger partial charge is 0.349 e. The predicted molar refractivity (Wildman–Crippen MR) is 109 cm³/mol. The second-order valence-electron chi connectivity index (χ2n) is 7.58. The van der Waals surface area contributed by atoms with E-state index in [0.717, 1.165) is 24.9 Å². The van der Waals surface area contributed by atoms with Crippen molar-refractivity contribution in [2.24, 2.45) is 5.92 Å². The fourth-order valence-corrected chi connectivity index (χ4v) is 3.28.